The van der Waals surface area contributed by atoms with Crippen molar-refractivity contribution in [3.8, 4) is 0 Å². The molecule has 114 valence electrons. The zero-order valence-corrected chi connectivity index (χ0v) is 11.4. The van der Waals surface area contributed by atoms with E-state index in [0.717, 1.165) is 18.2 Å². The number of hydrogen-bond donors (Lipinski definition) is 1. The van der Waals surface area contributed by atoms with Crippen molar-refractivity contribution in [1.29, 1.82) is 0 Å². The first kappa shape index (κ1) is 15.6. The normalized spacial score (nSPS) is 12.6. The molecule has 0 radical (unpaired) electrons. The Morgan fingerprint density at radius 3 is 2.33 bits per heavy atom. The van der Waals surface area contributed by atoms with Gasteiger partial charge in [0.1, 0.15) is 23.9 Å². The summed E-state index contributed by atoms with van der Waals surface area (Å²) in [5.74, 6) is -0.338. The van der Waals surface area contributed by atoms with Gasteiger partial charge in [-0.15, -0.1) is 0 Å². The van der Waals surface area contributed by atoms with Gasteiger partial charge in [0, 0.05) is 0 Å². The van der Waals surface area contributed by atoms with E-state index in [1.165, 1.54) is 12.1 Å². The maximum Gasteiger partial charge on any atom is 0.416 e. The number of aliphatic hydroxyl groups excluding tert-OH is 1. The molecule has 0 spiro atoms. The molecule has 0 aliphatic rings. The van der Waals surface area contributed by atoms with E-state index in [2.05, 4.69) is 0 Å². The highest BCUT2D eigenvalue weighted by molar-refractivity contribution is 7.90. The van der Waals surface area contributed by atoms with Gasteiger partial charge in [-0.3, -0.25) is 0 Å². The van der Waals surface area contributed by atoms with Crippen molar-refractivity contribution >= 4 is 9.84 Å². The number of furan rings is 1. The highest BCUT2D eigenvalue weighted by atomic mass is 32.2. The Hall–Kier alpha value is -1.80. The second-order valence-corrected chi connectivity index (χ2v) is 6.30. The second-order valence-electron chi connectivity index (χ2n) is 4.31. The van der Waals surface area contributed by atoms with E-state index < -0.39 is 32.2 Å². The fourth-order valence-corrected chi connectivity index (χ4v) is 3.01. The monoisotopic (exact) mass is 320 g/mol. The fourth-order valence-electron chi connectivity index (χ4n) is 1.72. The van der Waals surface area contributed by atoms with Gasteiger partial charge in [0.2, 0.25) is 0 Å². The van der Waals surface area contributed by atoms with Crippen LogP contribution >= 0.6 is 0 Å². The SMILES string of the molecule is O=S(=O)(Cc1ccc(CO)o1)c1cccc(C(F)(F)F)c1. The molecular formula is C13H11F3O4S. The topological polar surface area (TPSA) is 67.5 Å². The summed E-state index contributed by atoms with van der Waals surface area (Å²) in [7, 11) is -3.97. The first-order chi connectivity index (χ1) is 9.72. The molecule has 0 saturated carbocycles. The third-order valence-corrected chi connectivity index (χ3v) is 4.36. The summed E-state index contributed by atoms with van der Waals surface area (Å²) >= 11 is 0. The van der Waals surface area contributed by atoms with E-state index >= 15 is 0 Å². The van der Waals surface area contributed by atoms with Gasteiger partial charge in [-0.2, -0.15) is 13.2 Å². The summed E-state index contributed by atoms with van der Waals surface area (Å²) in [5, 5.41) is 8.82. The van der Waals surface area contributed by atoms with Crippen molar-refractivity contribution in [2.24, 2.45) is 0 Å². The quantitative estimate of drug-likeness (QED) is 0.940. The molecule has 0 unspecified atom stereocenters. The van der Waals surface area contributed by atoms with Gasteiger partial charge in [-0.05, 0) is 30.3 Å². The molecule has 1 heterocycles. The smallest absolute Gasteiger partial charge is 0.416 e. The van der Waals surface area contributed by atoms with Gasteiger partial charge in [0.25, 0.3) is 0 Å². The zero-order valence-electron chi connectivity index (χ0n) is 10.6. The third-order valence-electron chi connectivity index (χ3n) is 2.73. The molecule has 1 aromatic heterocycles. The predicted octanol–water partition coefficient (Wildman–Crippen LogP) is 2.76. The molecular weight excluding hydrogens is 309 g/mol. The van der Waals surface area contributed by atoms with Crippen molar-refractivity contribution in [3.63, 3.8) is 0 Å². The number of sulfone groups is 1. The molecule has 0 bridgehead atoms. The van der Waals surface area contributed by atoms with Crippen molar-refractivity contribution < 1.29 is 31.1 Å². The first-order valence-electron chi connectivity index (χ1n) is 5.81. The van der Waals surface area contributed by atoms with Crippen molar-refractivity contribution in [2.75, 3.05) is 0 Å². The Balaban J connectivity index is 2.31. The number of halogens is 3. The van der Waals surface area contributed by atoms with Crippen LogP contribution in [0.4, 0.5) is 13.2 Å². The van der Waals surface area contributed by atoms with Crippen LogP contribution in [-0.4, -0.2) is 13.5 Å². The maximum atomic E-state index is 12.6. The molecule has 1 N–H and O–H groups in total. The van der Waals surface area contributed by atoms with Crippen LogP contribution in [0.5, 0.6) is 0 Å². The molecule has 0 aliphatic heterocycles. The van der Waals surface area contributed by atoms with Crippen molar-refractivity contribution in [2.45, 2.75) is 23.4 Å². The summed E-state index contributed by atoms with van der Waals surface area (Å²) in [6.45, 7) is -0.385. The molecule has 2 aromatic rings. The lowest BCUT2D eigenvalue weighted by Gasteiger charge is -2.08. The standard InChI is InChI=1S/C13H11F3O4S/c14-13(15,16)9-2-1-3-12(6-9)21(18,19)8-11-5-4-10(7-17)20-11/h1-6,17H,7-8H2. The van der Waals surface area contributed by atoms with Crippen LogP contribution in [0.1, 0.15) is 17.1 Å². The first-order valence-corrected chi connectivity index (χ1v) is 7.46. The minimum absolute atomic E-state index is 0.0523. The Morgan fingerprint density at radius 2 is 1.76 bits per heavy atom. The Bertz CT molecular complexity index is 732. The van der Waals surface area contributed by atoms with E-state index in [1.54, 1.807) is 0 Å². The minimum atomic E-state index is -4.61. The second kappa shape index (κ2) is 5.53. The summed E-state index contributed by atoms with van der Waals surface area (Å²) < 4.78 is 67.0. The largest absolute Gasteiger partial charge is 0.463 e. The number of aliphatic hydroxyl groups is 1. The Kier molecular flexibility index (Phi) is 4.11. The Morgan fingerprint density at radius 1 is 1.10 bits per heavy atom. The molecule has 8 heteroatoms. The van der Waals surface area contributed by atoms with Crippen LogP contribution in [0.25, 0.3) is 0 Å². The van der Waals surface area contributed by atoms with Gasteiger partial charge < -0.3 is 9.52 Å². The molecule has 0 atom stereocenters. The lowest BCUT2D eigenvalue weighted by Crippen LogP contribution is -2.09. The molecule has 4 nitrogen and oxygen atoms in total. The fraction of sp³-hybridized carbons (Fsp3) is 0.231. The summed E-state index contributed by atoms with van der Waals surface area (Å²) in [6, 6.07) is 6.28. The van der Waals surface area contributed by atoms with Gasteiger partial charge in [0.05, 0.1) is 10.5 Å². The van der Waals surface area contributed by atoms with Gasteiger partial charge in [-0.25, -0.2) is 8.42 Å². The van der Waals surface area contributed by atoms with E-state index in [1.807, 2.05) is 0 Å². The average molecular weight is 320 g/mol. The van der Waals surface area contributed by atoms with Crippen LogP contribution in [0.15, 0.2) is 45.7 Å². The molecule has 21 heavy (non-hydrogen) atoms. The molecule has 0 aliphatic carbocycles. The van der Waals surface area contributed by atoms with Crippen LogP contribution in [0.2, 0.25) is 0 Å². The Labute approximate surface area is 118 Å². The summed E-state index contributed by atoms with van der Waals surface area (Å²) in [5.41, 5.74) is -1.03. The maximum absolute atomic E-state index is 12.6. The van der Waals surface area contributed by atoms with Crippen molar-refractivity contribution in [1.82, 2.24) is 0 Å². The number of rotatable bonds is 4. The highest BCUT2D eigenvalue weighted by Gasteiger charge is 2.31. The number of alkyl halides is 3. The van der Waals surface area contributed by atoms with E-state index in [9.17, 15) is 21.6 Å². The van der Waals surface area contributed by atoms with Gasteiger partial charge >= 0.3 is 6.18 Å². The van der Waals surface area contributed by atoms with Crippen molar-refractivity contribution in [3.05, 3.63) is 53.5 Å². The summed E-state index contributed by atoms with van der Waals surface area (Å²) in [4.78, 5) is -0.431. The van der Waals surface area contributed by atoms with Crippen LogP contribution < -0.4 is 0 Å². The minimum Gasteiger partial charge on any atom is -0.463 e. The van der Waals surface area contributed by atoms with E-state index in [-0.39, 0.29) is 18.1 Å². The van der Waals surface area contributed by atoms with Gasteiger partial charge in [-0.1, -0.05) is 6.07 Å². The highest BCUT2D eigenvalue weighted by Crippen LogP contribution is 2.31. The number of benzene rings is 1. The predicted molar refractivity (Wildman–Crippen MR) is 67.0 cm³/mol. The molecule has 1 aromatic carbocycles. The average Bonchev–Trinajstić information content (AvgIpc) is 2.85. The lowest BCUT2D eigenvalue weighted by atomic mass is 10.2. The van der Waals surface area contributed by atoms with Gasteiger partial charge in [0.15, 0.2) is 9.84 Å². The number of hydrogen-bond acceptors (Lipinski definition) is 4. The zero-order chi connectivity index (χ0) is 15.7. The van der Waals surface area contributed by atoms with Crippen LogP contribution in [-0.2, 0) is 28.4 Å². The van der Waals surface area contributed by atoms with E-state index in [0.29, 0.717) is 6.07 Å². The van der Waals surface area contributed by atoms with Crippen LogP contribution in [0, 0.1) is 0 Å². The van der Waals surface area contributed by atoms with Crippen LogP contribution in [0.3, 0.4) is 0 Å². The van der Waals surface area contributed by atoms with E-state index in [4.69, 9.17) is 9.52 Å². The molecule has 2 rings (SSSR count). The molecule has 0 fully saturated rings. The summed E-state index contributed by atoms with van der Waals surface area (Å²) in [6.07, 6.45) is -4.61. The lowest BCUT2D eigenvalue weighted by molar-refractivity contribution is -0.137. The third kappa shape index (κ3) is 3.64. The molecule has 0 saturated heterocycles. The molecule has 0 amide bonds.